The maximum absolute atomic E-state index is 12.5. The van der Waals surface area contributed by atoms with E-state index in [2.05, 4.69) is 5.32 Å². The average Bonchev–Trinajstić information content (AvgIpc) is 2.74. The summed E-state index contributed by atoms with van der Waals surface area (Å²) in [7, 11) is 0. The van der Waals surface area contributed by atoms with Crippen LogP contribution < -0.4 is 19.5 Å². The maximum atomic E-state index is 12.5. The second kappa shape index (κ2) is 10.4. The molecule has 29 heavy (non-hydrogen) atoms. The lowest BCUT2D eigenvalue weighted by Gasteiger charge is -2.32. The zero-order valence-electron chi connectivity index (χ0n) is 16.5. The minimum Gasteiger partial charge on any atom is -0.490 e. The Hall–Kier alpha value is -3.22. The molecule has 1 aliphatic rings. The second-order valence-electron chi connectivity index (χ2n) is 6.67. The van der Waals surface area contributed by atoms with Gasteiger partial charge in [0, 0.05) is 19.1 Å². The number of amides is 2. The minimum absolute atomic E-state index is 0.0186. The van der Waals surface area contributed by atoms with Crippen molar-refractivity contribution in [1.29, 1.82) is 0 Å². The molecular formula is C22H26N2O5. The number of carbonyl (C=O) groups excluding carboxylic acids is 2. The number of hydrogen-bond donors (Lipinski definition) is 1. The van der Waals surface area contributed by atoms with Gasteiger partial charge in [0.15, 0.2) is 18.1 Å². The SMILES string of the molecule is CCOc1ccccc1OCC(=O)N1CCC(NC(=O)Oc2ccccc2)CC1. The van der Waals surface area contributed by atoms with Crippen molar-refractivity contribution in [3.63, 3.8) is 0 Å². The second-order valence-corrected chi connectivity index (χ2v) is 6.67. The van der Waals surface area contributed by atoms with Crippen LogP contribution in [0.4, 0.5) is 4.79 Å². The van der Waals surface area contributed by atoms with Crippen molar-refractivity contribution in [3.8, 4) is 17.2 Å². The van der Waals surface area contributed by atoms with Crippen LogP contribution in [0, 0.1) is 0 Å². The lowest BCUT2D eigenvalue weighted by atomic mass is 10.1. The largest absolute Gasteiger partial charge is 0.490 e. The summed E-state index contributed by atoms with van der Waals surface area (Å²) in [6.07, 6.45) is 0.868. The van der Waals surface area contributed by atoms with Gasteiger partial charge in [0.05, 0.1) is 6.61 Å². The van der Waals surface area contributed by atoms with Gasteiger partial charge >= 0.3 is 6.09 Å². The molecule has 2 amide bonds. The molecule has 0 radical (unpaired) electrons. The van der Waals surface area contributed by atoms with Gasteiger partial charge in [-0.25, -0.2) is 4.79 Å². The van der Waals surface area contributed by atoms with E-state index in [0.717, 1.165) is 0 Å². The van der Waals surface area contributed by atoms with Crippen LogP contribution >= 0.6 is 0 Å². The smallest absolute Gasteiger partial charge is 0.412 e. The van der Waals surface area contributed by atoms with Crippen molar-refractivity contribution in [1.82, 2.24) is 10.2 Å². The number of ether oxygens (including phenoxy) is 3. The molecule has 1 heterocycles. The van der Waals surface area contributed by atoms with E-state index < -0.39 is 6.09 Å². The first-order valence-corrected chi connectivity index (χ1v) is 9.81. The summed E-state index contributed by atoms with van der Waals surface area (Å²) < 4.78 is 16.4. The molecule has 0 unspecified atom stereocenters. The van der Waals surface area contributed by atoms with E-state index in [9.17, 15) is 9.59 Å². The third kappa shape index (κ3) is 6.14. The van der Waals surface area contributed by atoms with E-state index in [1.54, 1.807) is 23.1 Å². The van der Waals surface area contributed by atoms with Crippen LogP contribution in [-0.4, -0.2) is 49.2 Å². The van der Waals surface area contributed by atoms with Crippen molar-refractivity contribution in [2.75, 3.05) is 26.3 Å². The summed E-state index contributed by atoms with van der Waals surface area (Å²) in [6, 6.07) is 16.2. The van der Waals surface area contributed by atoms with Crippen LogP contribution in [0.25, 0.3) is 0 Å². The molecule has 0 saturated carbocycles. The fourth-order valence-electron chi connectivity index (χ4n) is 3.14. The predicted octanol–water partition coefficient (Wildman–Crippen LogP) is 3.24. The molecular weight excluding hydrogens is 372 g/mol. The fraction of sp³-hybridized carbons (Fsp3) is 0.364. The minimum atomic E-state index is -0.475. The van der Waals surface area contributed by atoms with E-state index in [0.29, 0.717) is 49.8 Å². The Morgan fingerprint density at radius 3 is 2.24 bits per heavy atom. The highest BCUT2D eigenvalue weighted by molar-refractivity contribution is 5.78. The molecule has 7 heteroatoms. The summed E-state index contributed by atoms with van der Waals surface area (Å²) >= 11 is 0. The molecule has 2 aromatic rings. The molecule has 154 valence electrons. The Morgan fingerprint density at radius 1 is 0.966 bits per heavy atom. The summed E-state index contributed by atoms with van der Waals surface area (Å²) in [5, 5.41) is 2.86. The first-order valence-electron chi connectivity index (χ1n) is 9.81. The van der Waals surface area contributed by atoms with E-state index in [4.69, 9.17) is 14.2 Å². The normalized spacial score (nSPS) is 14.2. The Balaban J connectivity index is 1.41. The third-order valence-corrected chi connectivity index (χ3v) is 4.62. The highest BCUT2D eigenvalue weighted by Gasteiger charge is 2.24. The van der Waals surface area contributed by atoms with Gasteiger partial charge in [0.25, 0.3) is 5.91 Å². The monoisotopic (exact) mass is 398 g/mol. The van der Waals surface area contributed by atoms with Gasteiger partial charge < -0.3 is 24.4 Å². The zero-order chi connectivity index (χ0) is 20.5. The number of hydrogen-bond acceptors (Lipinski definition) is 5. The van der Waals surface area contributed by atoms with Gasteiger partial charge in [-0.15, -0.1) is 0 Å². The lowest BCUT2D eigenvalue weighted by molar-refractivity contribution is -0.134. The van der Waals surface area contributed by atoms with Crippen molar-refractivity contribution in [2.24, 2.45) is 0 Å². The highest BCUT2D eigenvalue weighted by Crippen LogP contribution is 2.26. The van der Waals surface area contributed by atoms with Crippen LogP contribution in [0.3, 0.4) is 0 Å². The zero-order valence-corrected chi connectivity index (χ0v) is 16.5. The van der Waals surface area contributed by atoms with Gasteiger partial charge in [-0.3, -0.25) is 4.79 Å². The molecule has 1 N–H and O–H groups in total. The number of nitrogens with zero attached hydrogens (tertiary/aromatic N) is 1. The van der Waals surface area contributed by atoms with Gasteiger partial charge in [-0.05, 0) is 44.0 Å². The number of likely N-dealkylation sites (tertiary alicyclic amines) is 1. The number of piperidine rings is 1. The summed E-state index contributed by atoms with van der Waals surface area (Å²) in [6.45, 7) is 3.51. The molecule has 0 bridgehead atoms. The molecule has 0 atom stereocenters. The van der Waals surface area contributed by atoms with Crippen LogP contribution in [0.15, 0.2) is 54.6 Å². The average molecular weight is 398 g/mol. The molecule has 0 aromatic heterocycles. The van der Waals surface area contributed by atoms with Crippen LogP contribution in [0.1, 0.15) is 19.8 Å². The van der Waals surface area contributed by atoms with Crippen molar-refractivity contribution in [2.45, 2.75) is 25.8 Å². The predicted molar refractivity (Wildman–Crippen MR) is 108 cm³/mol. The van der Waals surface area contributed by atoms with Gasteiger partial charge in [0.1, 0.15) is 5.75 Å². The van der Waals surface area contributed by atoms with Crippen molar-refractivity contribution in [3.05, 3.63) is 54.6 Å². The lowest BCUT2D eigenvalue weighted by Crippen LogP contribution is -2.48. The topological polar surface area (TPSA) is 77.1 Å². The third-order valence-electron chi connectivity index (χ3n) is 4.62. The Morgan fingerprint density at radius 2 is 1.59 bits per heavy atom. The Bertz CT molecular complexity index is 804. The first kappa shape index (κ1) is 20.5. The van der Waals surface area contributed by atoms with Gasteiger partial charge in [-0.1, -0.05) is 30.3 Å². The van der Waals surface area contributed by atoms with Crippen LogP contribution in [-0.2, 0) is 4.79 Å². The van der Waals surface area contributed by atoms with E-state index in [-0.39, 0.29) is 18.6 Å². The Labute approximate surface area is 170 Å². The number of nitrogens with one attached hydrogen (secondary N) is 1. The van der Waals surface area contributed by atoms with E-state index in [1.165, 1.54) is 0 Å². The van der Waals surface area contributed by atoms with Gasteiger partial charge in [-0.2, -0.15) is 0 Å². The molecule has 1 saturated heterocycles. The molecule has 1 aliphatic heterocycles. The molecule has 2 aromatic carbocycles. The number of para-hydroxylation sites is 3. The molecule has 1 fully saturated rings. The van der Waals surface area contributed by atoms with Crippen LogP contribution in [0.2, 0.25) is 0 Å². The molecule has 0 spiro atoms. The van der Waals surface area contributed by atoms with E-state index in [1.807, 2.05) is 43.3 Å². The van der Waals surface area contributed by atoms with E-state index >= 15 is 0 Å². The number of carbonyl (C=O) groups is 2. The quantitative estimate of drug-likeness (QED) is 0.775. The maximum Gasteiger partial charge on any atom is 0.412 e. The molecule has 0 aliphatic carbocycles. The number of rotatable bonds is 7. The summed E-state index contributed by atoms with van der Waals surface area (Å²) in [5.41, 5.74) is 0. The summed E-state index contributed by atoms with van der Waals surface area (Å²) in [4.78, 5) is 26.2. The van der Waals surface area contributed by atoms with Crippen LogP contribution in [0.5, 0.6) is 17.2 Å². The summed E-state index contributed by atoms with van der Waals surface area (Å²) in [5.74, 6) is 1.61. The Kier molecular flexibility index (Phi) is 7.33. The van der Waals surface area contributed by atoms with Crippen molar-refractivity contribution < 1.29 is 23.8 Å². The van der Waals surface area contributed by atoms with Gasteiger partial charge in [0.2, 0.25) is 0 Å². The highest BCUT2D eigenvalue weighted by atomic mass is 16.6. The molecule has 7 nitrogen and oxygen atoms in total. The standard InChI is InChI=1S/C22H26N2O5/c1-2-27-19-10-6-7-11-20(19)28-16-21(25)24-14-12-17(13-15-24)23-22(26)29-18-8-4-3-5-9-18/h3-11,17H,2,12-16H2,1H3,(H,23,26). The fourth-order valence-corrected chi connectivity index (χ4v) is 3.14. The first-order chi connectivity index (χ1) is 14.2. The number of benzene rings is 2. The van der Waals surface area contributed by atoms with Crippen molar-refractivity contribution >= 4 is 12.0 Å². The molecule has 3 rings (SSSR count).